The number of fused-ring (bicyclic) bond motifs is 1. The van der Waals surface area contributed by atoms with Crippen LogP contribution in [0.25, 0.3) is 0 Å². The number of hydrogen-bond donors (Lipinski definition) is 1. The van der Waals surface area contributed by atoms with Crippen LogP contribution in [-0.4, -0.2) is 13.2 Å². The lowest BCUT2D eigenvalue weighted by molar-refractivity contribution is -0.0389. The predicted octanol–water partition coefficient (Wildman–Crippen LogP) is 1.43. The van der Waals surface area contributed by atoms with Crippen molar-refractivity contribution in [2.75, 3.05) is 13.2 Å². The van der Waals surface area contributed by atoms with Crippen LogP contribution in [0.5, 0.6) is 0 Å². The van der Waals surface area contributed by atoms with Crippen LogP contribution in [0.4, 0.5) is 0 Å². The summed E-state index contributed by atoms with van der Waals surface area (Å²) in [5, 5.41) is 0. The average Bonchev–Trinajstić information content (AvgIpc) is 2.19. The monoisotopic (exact) mass is 177 g/mol. The second kappa shape index (κ2) is 3.13. The molecule has 1 unspecified atom stereocenters. The van der Waals surface area contributed by atoms with Gasteiger partial charge in [-0.1, -0.05) is 24.3 Å². The molecular weight excluding hydrogens is 162 g/mol. The van der Waals surface area contributed by atoms with Gasteiger partial charge in [-0.2, -0.15) is 0 Å². The first-order chi connectivity index (χ1) is 6.26. The van der Waals surface area contributed by atoms with Crippen molar-refractivity contribution in [1.29, 1.82) is 0 Å². The lowest BCUT2D eigenvalue weighted by Gasteiger charge is -2.35. The molecule has 0 aliphatic carbocycles. The maximum atomic E-state index is 5.73. The van der Waals surface area contributed by atoms with Crippen molar-refractivity contribution in [2.24, 2.45) is 5.73 Å². The Hall–Kier alpha value is -0.860. The SMILES string of the molecule is CC1(CN)OCCc2ccccc21. The highest BCUT2D eigenvalue weighted by Gasteiger charge is 2.31. The van der Waals surface area contributed by atoms with Crippen LogP contribution in [0.1, 0.15) is 18.1 Å². The van der Waals surface area contributed by atoms with E-state index < -0.39 is 0 Å². The standard InChI is InChI=1S/C11H15NO/c1-11(8-12)10-5-3-2-4-9(10)6-7-13-11/h2-5H,6-8,12H2,1H3. The lowest BCUT2D eigenvalue weighted by atomic mass is 9.88. The molecule has 13 heavy (non-hydrogen) atoms. The summed E-state index contributed by atoms with van der Waals surface area (Å²) < 4.78 is 5.72. The molecule has 0 radical (unpaired) electrons. The van der Waals surface area contributed by atoms with E-state index in [-0.39, 0.29) is 5.60 Å². The largest absolute Gasteiger partial charge is 0.369 e. The lowest BCUT2D eigenvalue weighted by Crippen LogP contribution is -2.39. The minimum absolute atomic E-state index is 0.269. The zero-order valence-corrected chi connectivity index (χ0v) is 7.92. The first kappa shape index (κ1) is 8.73. The van der Waals surface area contributed by atoms with Gasteiger partial charge in [-0.05, 0) is 24.5 Å². The molecule has 1 aromatic rings. The van der Waals surface area contributed by atoms with Gasteiger partial charge in [0.05, 0.1) is 6.61 Å². The van der Waals surface area contributed by atoms with Gasteiger partial charge < -0.3 is 10.5 Å². The summed E-state index contributed by atoms with van der Waals surface area (Å²) in [6, 6.07) is 8.38. The predicted molar refractivity (Wildman–Crippen MR) is 52.5 cm³/mol. The van der Waals surface area contributed by atoms with E-state index in [0.29, 0.717) is 6.54 Å². The quantitative estimate of drug-likeness (QED) is 0.704. The van der Waals surface area contributed by atoms with E-state index in [9.17, 15) is 0 Å². The Bertz CT molecular complexity index is 311. The fraction of sp³-hybridized carbons (Fsp3) is 0.455. The van der Waals surface area contributed by atoms with Gasteiger partial charge in [0.25, 0.3) is 0 Å². The third-order valence-electron chi connectivity index (χ3n) is 2.77. The van der Waals surface area contributed by atoms with Crippen molar-refractivity contribution < 1.29 is 4.74 Å². The van der Waals surface area contributed by atoms with Gasteiger partial charge >= 0.3 is 0 Å². The highest BCUT2D eigenvalue weighted by molar-refractivity contribution is 5.34. The molecule has 0 aromatic heterocycles. The Kier molecular flexibility index (Phi) is 2.10. The van der Waals surface area contributed by atoms with E-state index >= 15 is 0 Å². The van der Waals surface area contributed by atoms with Crippen LogP contribution in [0.3, 0.4) is 0 Å². The third kappa shape index (κ3) is 1.36. The van der Waals surface area contributed by atoms with Crippen molar-refractivity contribution >= 4 is 0 Å². The van der Waals surface area contributed by atoms with Crippen LogP contribution in [-0.2, 0) is 16.8 Å². The Labute approximate surface area is 78.7 Å². The van der Waals surface area contributed by atoms with Crippen molar-refractivity contribution in [2.45, 2.75) is 18.9 Å². The highest BCUT2D eigenvalue weighted by Crippen LogP contribution is 2.31. The summed E-state index contributed by atoms with van der Waals surface area (Å²) in [5.74, 6) is 0. The first-order valence-corrected chi connectivity index (χ1v) is 4.69. The molecular formula is C11H15NO. The molecule has 0 amide bonds. The maximum Gasteiger partial charge on any atom is 0.103 e. The molecule has 1 aliphatic rings. The molecule has 0 fully saturated rings. The van der Waals surface area contributed by atoms with Crippen LogP contribution in [0.2, 0.25) is 0 Å². The summed E-state index contributed by atoms with van der Waals surface area (Å²) in [6.45, 7) is 3.39. The molecule has 2 nitrogen and oxygen atoms in total. The summed E-state index contributed by atoms with van der Waals surface area (Å²) in [4.78, 5) is 0. The first-order valence-electron chi connectivity index (χ1n) is 4.69. The maximum absolute atomic E-state index is 5.73. The second-order valence-corrected chi connectivity index (χ2v) is 3.69. The fourth-order valence-corrected chi connectivity index (χ4v) is 1.89. The van der Waals surface area contributed by atoms with Gasteiger partial charge in [0.1, 0.15) is 5.60 Å². The number of rotatable bonds is 1. The van der Waals surface area contributed by atoms with Crippen molar-refractivity contribution in [3.05, 3.63) is 35.4 Å². The molecule has 1 aliphatic heterocycles. The van der Waals surface area contributed by atoms with E-state index in [2.05, 4.69) is 25.1 Å². The molecule has 2 rings (SSSR count). The molecule has 0 spiro atoms. The summed E-state index contributed by atoms with van der Waals surface area (Å²) in [5.41, 5.74) is 8.09. The average molecular weight is 177 g/mol. The van der Waals surface area contributed by atoms with Crippen molar-refractivity contribution in [3.63, 3.8) is 0 Å². The molecule has 70 valence electrons. The molecule has 0 bridgehead atoms. The normalized spacial score (nSPS) is 26.9. The number of hydrogen-bond acceptors (Lipinski definition) is 2. The molecule has 1 aromatic carbocycles. The summed E-state index contributed by atoms with van der Waals surface area (Å²) >= 11 is 0. The minimum Gasteiger partial charge on any atom is -0.369 e. The Morgan fingerprint density at radius 2 is 2.23 bits per heavy atom. The third-order valence-corrected chi connectivity index (χ3v) is 2.77. The Morgan fingerprint density at radius 3 is 3.00 bits per heavy atom. The van der Waals surface area contributed by atoms with Crippen molar-refractivity contribution in [1.82, 2.24) is 0 Å². The molecule has 2 heteroatoms. The van der Waals surface area contributed by atoms with E-state index in [0.717, 1.165) is 13.0 Å². The molecule has 0 saturated carbocycles. The minimum atomic E-state index is -0.269. The Morgan fingerprint density at radius 1 is 1.46 bits per heavy atom. The van der Waals surface area contributed by atoms with E-state index in [1.54, 1.807) is 0 Å². The van der Waals surface area contributed by atoms with Crippen LogP contribution < -0.4 is 5.73 Å². The van der Waals surface area contributed by atoms with Gasteiger partial charge in [-0.15, -0.1) is 0 Å². The Balaban J connectivity index is 2.48. The summed E-state index contributed by atoms with van der Waals surface area (Å²) in [6.07, 6.45) is 1.01. The van der Waals surface area contributed by atoms with E-state index in [4.69, 9.17) is 10.5 Å². The van der Waals surface area contributed by atoms with Crippen LogP contribution in [0.15, 0.2) is 24.3 Å². The highest BCUT2D eigenvalue weighted by atomic mass is 16.5. The van der Waals surface area contributed by atoms with E-state index in [1.807, 2.05) is 6.07 Å². The van der Waals surface area contributed by atoms with Gasteiger partial charge in [-0.25, -0.2) is 0 Å². The molecule has 0 saturated heterocycles. The zero-order valence-electron chi connectivity index (χ0n) is 7.92. The number of benzene rings is 1. The van der Waals surface area contributed by atoms with Crippen LogP contribution in [0, 0.1) is 0 Å². The topological polar surface area (TPSA) is 35.2 Å². The smallest absolute Gasteiger partial charge is 0.103 e. The van der Waals surface area contributed by atoms with Gasteiger partial charge in [0.15, 0.2) is 0 Å². The fourth-order valence-electron chi connectivity index (χ4n) is 1.89. The van der Waals surface area contributed by atoms with Gasteiger partial charge in [0, 0.05) is 6.54 Å². The van der Waals surface area contributed by atoms with Crippen LogP contribution >= 0.6 is 0 Å². The number of nitrogens with two attached hydrogens (primary N) is 1. The van der Waals surface area contributed by atoms with E-state index in [1.165, 1.54) is 11.1 Å². The zero-order chi connectivity index (χ0) is 9.31. The molecule has 2 N–H and O–H groups in total. The molecule has 1 atom stereocenters. The molecule has 1 heterocycles. The van der Waals surface area contributed by atoms with Crippen molar-refractivity contribution in [3.8, 4) is 0 Å². The summed E-state index contributed by atoms with van der Waals surface area (Å²) in [7, 11) is 0. The number of ether oxygens (including phenoxy) is 1. The second-order valence-electron chi connectivity index (χ2n) is 3.69. The van der Waals surface area contributed by atoms with Gasteiger partial charge in [-0.3, -0.25) is 0 Å². The van der Waals surface area contributed by atoms with Gasteiger partial charge in [0.2, 0.25) is 0 Å².